The third kappa shape index (κ3) is 2.11. The molecular formula is C17H15ClO2. The van der Waals surface area contributed by atoms with Crippen molar-refractivity contribution in [3.8, 4) is 0 Å². The number of halogens is 1. The molecule has 2 nitrogen and oxygen atoms in total. The normalized spacial score (nSPS) is 14.4. The van der Waals surface area contributed by atoms with E-state index in [9.17, 15) is 5.11 Å². The van der Waals surface area contributed by atoms with Gasteiger partial charge in [0.1, 0.15) is 16.9 Å². The van der Waals surface area contributed by atoms with Gasteiger partial charge in [-0.25, -0.2) is 0 Å². The van der Waals surface area contributed by atoms with Crippen LogP contribution in [0.4, 0.5) is 0 Å². The maximum Gasteiger partial charge on any atom is 0.146 e. The lowest BCUT2D eigenvalue weighted by Gasteiger charge is -2.22. The van der Waals surface area contributed by atoms with Gasteiger partial charge in [0.15, 0.2) is 0 Å². The highest BCUT2D eigenvalue weighted by atomic mass is 35.5. The third-order valence-electron chi connectivity index (χ3n) is 3.55. The monoisotopic (exact) mass is 286 g/mol. The lowest BCUT2D eigenvalue weighted by molar-refractivity contribution is 0.0787. The number of rotatable bonds is 2. The number of furan rings is 1. The summed E-state index contributed by atoms with van der Waals surface area (Å²) in [5.41, 5.74) is 1.29. The molecule has 0 fully saturated rings. The number of aryl methyl sites for hydroxylation is 1. The minimum absolute atomic E-state index is 0.492. The minimum Gasteiger partial charge on any atom is -0.458 e. The van der Waals surface area contributed by atoms with Gasteiger partial charge in [-0.3, -0.25) is 0 Å². The predicted molar refractivity (Wildman–Crippen MR) is 81.1 cm³/mol. The molecule has 1 N–H and O–H groups in total. The minimum atomic E-state index is -1.26. The van der Waals surface area contributed by atoms with Gasteiger partial charge in [-0.1, -0.05) is 41.4 Å². The molecule has 1 aromatic heterocycles. The highest BCUT2D eigenvalue weighted by Gasteiger charge is 2.31. The first-order valence-corrected chi connectivity index (χ1v) is 6.84. The molecule has 3 rings (SSSR count). The lowest BCUT2D eigenvalue weighted by Crippen LogP contribution is -2.22. The molecular weight excluding hydrogens is 272 g/mol. The predicted octanol–water partition coefficient (Wildman–Crippen LogP) is 4.65. The summed E-state index contributed by atoms with van der Waals surface area (Å²) in [6.07, 6.45) is 0. The highest BCUT2D eigenvalue weighted by Crippen LogP contribution is 2.36. The van der Waals surface area contributed by atoms with E-state index in [0.717, 1.165) is 16.5 Å². The van der Waals surface area contributed by atoms with E-state index in [4.69, 9.17) is 16.0 Å². The number of hydrogen-bond acceptors (Lipinski definition) is 2. The molecule has 2 aromatic carbocycles. The first-order valence-electron chi connectivity index (χ1n) is 6.46. The van der Waals surface area contributed by atoms with Gasteiger partial charge in [-0.2, -0.15) is 0 Å². The van der Waals surface area contributed by atoms with Gasteiger partial charge in [0, 0.05) is 16.0 Å². The summed E-state index contributed by atoms with van der Waals surface area (Å²) in [4.78, 5) is 0. The fourth-order valence-electron chi connectivity index (χ4n) is 2.39. The van der Waals surface area contributed by atoms with Crippen molar-refractivity contribution in [3.05, 3.63) is 70.4 Å². The van der Waals surface area contributed by atoms with Crippen molar-refractivity contribution in [2.75, 3.05) is 0 Å². The number of hydrogen-bond donors (Lipinski definition) is 1. The molecule has 102 valence electrons. The van der Waals surface area contributed by atoms with Gasteiger partial charge in [0.05, 0.1) is 0 Å². The van der Waals surface area contributed by atoms with E-state index in [1.54, 1.807) is 19.1 Å². The van der Waals surface area contributed by atoms with Gasteiger partial charge in [-0.15, -0.1) is 0 Å². The molecule has 20 heavy (non-hydrogen) atoms. The van der Waals surface area contributed by atoms with Crippen molar-refractivity contribution in [2.45, 2.75) is 19.4 Å². The van der Waals surface area contributed by atoms with E-state index in [1.807, 2.05) is 43.3 Å². The summed E-state index contributed by atoms with van der Waals surface area (Å²) in [5, 5.41) is 12.3. The van der Waals surface area contributed by atoms with Crippen LogP contribution in [0, 0.1) is 6.92 Å². The second-order valence-electron chi connectivity index (χ2n) is 5.20. The molecule has 3 aromatic rings. The van der Waals surface area contributed by atoms with Crippen molar-refractivity contribution in [2.24, 2.45) is 0 Å². The fraction of sp³-hybridized carbons (Fsp3) is 0.176. The molecule has 1 heterocycles. The van der Waals surface area contributed by atoms with Crippen molar-refractivity contribution in [3.63, 3.8) is 0 Å². The van der Waals surface area contributed by atoms with Gasteiger partial charge in [0.25, 0.3) is 0 Å². The molecule has 0 radical (unpaired) electrons. The molecule has 3 heteroatoms. The summed E-state index contributed by atoms with van der Waals surface area (Å²) >= 11 is 6.18. The number of fused-ring (bicyclic) bond motifs is 1. The summed E-state index contributed by atoms with van der Waals surface area (Å²) in [6, 6.07) is 15.1. The van der Waals surface area contributed by atoms with Crippen LogP contribution in [0.3, 0.4) is 0 Å². The second kappa shape index (κ2) is 4.65. The summed E-state index contributed by atoms with van der Waals surface area (Å²) in [6.45, 7) is 3.72. The Balaban J connectivity index is 2.16. The molecule has 1 unspecified atom stereocenters. The van der Waals surface area contributed by atoms with E-state index >= 15 is 0 Å². The first kappa shape index (κ1) is 13.2. The molecule has 1 atom stereocenters. The smallest absolute Gasteiger partial charge is 0.146 e. The molecule has 0 aliphatic heterocycles. The third-order valence-corrected chi connectivity index (χ3v) is 3.88. The van der Waals surface area contributed by atoms with Crippen molar-refractivity contribution >= 4 is 22.6 Å². The number of aliphatic hydroxyl groups is 1. The van der Waals surface area contributed by atoms with Crippen LogP contribution in [0.5, 0.6) is 0 Å². The van der Waals surface area contributed by atoms with E-state index in [0.29, 0.717) is 16.3 Å². The highest BCUT2D eigenvalue weighted by molar-refractivity contribution is 6.31. The second-order valence-corrected chi connectivity index (χ2v) is 5.61. The van der Waals surface area contributed by atoms with Crippen molar-refractivity contribution in [1.29, 1.82) is 0 Å². The Morgan fingerprint density at radius 1 is 1.10 bits per heavy atom. The molecule has 0 saturated heterocycles. The Bertz CT molecular complexity index is 772. The average Bonchev–Trinajstić information content (AvgIpc) is 2.82. The summed E-state index contributed by atoms with van der Waals surface area (Å²) in [7, 11) is 0. The van der Waals surface area contributed by atoms with Crippen LogP contribution >= 0.6 is 11.6 Å². The fourth-order valence-corrected chi connectivity index (χ4v) is 2.71. The zero-order valence-corrected chi connectivity index (χ0v) is 12.1. The van der Waals surface area contributed by atoms with Crippen LogP contribution in [-0.2, 0) is 5.60 Å². The van der Waals surface area contributed by atoms with Crippen LogP contribution < -0.4 is 0 Å². The summed E-state index contributed by atoms with van der Waals surface area (Å²) < 4.78 is 5.79. The Labute approximate surface area is 122 Å². The molecule has 0 spiro atoms. The Kier molecular flexibility index (Phi) is 3.08. The first-order chi connectivity index (χ1) is 9.48. The van der Waals surface area contributed by atoms with E-state index < -0.39 is 5.60 Å². The van der Waals surface area contributed by atoms with Crippen LogP contribution in [-0.4, -0.2) is 5.11 Å². The molecule has 0 saturated carbocycles. The topological polar surface area (TPSA) is 33.4 Å². The lowest BCUT2D eigenvalue weighted by atomic mass is 9.93. The zero-order valence-electron chi connectivity index (χ0n) is 11.4. The van der Waals surface area contributed by atoms with Crippen LogP contribution in [0.2, 0.25) is 5.02 Å². The maximum absolute atomic E-state index is 10.8. The zero-order chi connectivity index (χ0) is 14.3. The summed E-state index contributed by atoms with van der Waals surface area (Å²) in [5.74, 6) is 0.492. The molecule has 0 aliphatic rings. The van der Waals surface area contributed by atoms with Crippen LogP contribution in [0.15, 0.2) is 52.9 Å². The van der Waals surface area contributed by atoms with Crippen molar-refractivity contribution < 1.29 is 9.52 Å². The maximum atomic E-state index is 10.8. The van der Waals surface area contributed by atoms with Crippen LogP contribution in [0.25, 0.3) is 11.0 Å². The molecule has 0 bridgehead atoms. The van der Waals surface area contributed by atoms with Gasteiger partial charge in [0.2, 0.25) is 0 Å². The van der Waals surface area contributed by atoms with E-state index in [2.05, 4.69) is 0 Å². The quantitative estimate of drug-likeness (QED) is 0.744. The molecule has 0 amide bonds. The van der Waals surface area contributed by atoms with Gasteiger partial charge in [-0.05, 0) is 38.1 Å². The van der Waals surface area contributed by atoms with E-state index in [1.165, 1.54) is 0 Å². The van der Waals surface area contributed by atoms with Gasteiger partial charge >= 0.3 is 0 Å². The largest absolute Gasteiger partial charge is 0.458 e. The van der Waals surface area contributed by atoms with Gasteiger partial charge < -0.3 is 9.52 Å². The standard InChI is InChI=1S/C17H15ClO2/c1-11-7-8-15-12(9-11)10-16(20-15)17(2,19)13-5-3-4-6-14(13)18/h3-10,19H,1-2H3. The SMILES string of the molecule is Cc1ccc2oc(C(C)(O)c3ccccc3Cl)cc2c1. The average molecular weight is 287 g/mol. The van der Waals surface area contributed by atoms with Crippen LogP contribution in [0.1, 0.15) is 23.8 Å². The van der Waals surface area contributed by atoms with Crippen molar-refractivity contribution in [1.82, 2.24) is 0 Å². The number of benzene rings is 2. The van der Waals surface area contributed by atoms with E-state index in [-0.39, 0.29) is 0 Å². The Morgan fingerprint density at radius 2 is 1.85 bits per heavy atom. The Morgan fingerprint density at radius 3 is 2.60 bits per heavy atom. The Hall–Kier alpha value is -1.77. The molecule has 0 aliphatic carbocycles.